The molecule has 1 aromatic heterocycles. The molecule has 1 amide bonds. The second-order valence-electron chi connectivity index (χ2n) is 7.73. The number of nitrogens with zero attached hydrogens (tertiary/aromatic N) is 1. The maximum absolute atomic E-state index is 14.3. The van der Waals surface area contributed by atoms with Gasteiger partial charge >= 0.3 is 5.97 Å². The molecule has 8 heteroatoms. The van der Waals surface area contributed by atoms with Gasteiger partial charge < -0.3 is 19.7 Å². The first-order chi connectivity index (χ1) is 16.4. The summed E-state index contributed by atoms with van der Waals surface area (Å²) in [5.41, 5.74) is 2.38. The Hall–Kier alpha value is -3.65. The van der Waals surface area contributed by atoms with Gasteiger partial charge in [0.2, 0.25) is 0 Å². The van der Waals surface area contributed by atoms with Crippen molar-refractivity contribution in [3.8, 4) is 5.75 Å². The predicted molar refractivity (Wildman–Crippen MR) is 130 cm³/mol. The van der Waals surface area contributed by atoms with Crippen LogP contribution in [-0.2, 0) is 17.8 Å². The summed E-state index contributed by atoms with van der Waals surface area (Å²) >= 11 is 3.28. The van der Waals surface area contributed by atoms with E-state index in [1.54, 1.807) is 30.3 Å². The van der Waals surface area contributed by atoms with Gasteiger partial charge in [-0.15, -0.1) is 0 Å². The predicted octanol–water partition coefficient (Wildman–Crippen LogP) is 5.42. The summed E-state index contributed by atoms with van der Waals surface area (Å²) in [4.78, 5) is 29.4. The van der Waals surface area contributed by atoms with E-state index in [-0.39, 0.29) is 30.4 Å². The molecular formula is C26H22BrFN2O4. The molecule has 2 N–H and O–H groups in total. The van der Waals surface area contributed by atoms with Crippen LogP contribution in [0.1, 0.15) is 21.5 Å². The molecule has 34 heavy (non-hydrogen) atoms. The van der Waals surface area contributed by atoms with Gasteiger partial charge in [-0.25, -0.2) is 9.18 Å². The number of hydrogen-bond acceptors (Lipinski definition) is 3. The Morgan fingerprint density at radius 3 is 2.56 bits per heavy atom. The molecule has 0 fully saturated rings. The first kappa shape index (κ1) is 23.5. The van der Waals surface area contributed by atoms with Crippen LogP contribution in [0.25, 0.3) is 10.9 Å². The monoisotopic (exact) mass is 524 g/mol. The summed E-state index contributed by atoms with van der Waals surface area (Å²) < 4.78 is 20.4. The number of H-pyrrole nitrogens is 1. The Labute approximate surface area is 204 Å². The number of carbonyl (C=O) groups is 2. The zero-order valence-corrected chi connectivity index (χ0v) is 19.7. The Bertz CT molecular complexity index is 1340. The van der Waals surface area contributed by atoms with Crippen LogP contribution in [0, 0.1) is 5.82 Å². The van der Waals surface area contributed by atoms with Crippen molar-refractivity contribution in [1.29, 1.82) is 0 Å². The van der Waals surface area contributed by atoms with Gasteiger partial charge in [0.1, 0.15) is 17.1 Å². The van der Waals surface area contributed by atoms with E-state index in [2.05, 4.69) is 20.9 Å². The molecule has 174 valence electrons. The van der Waals surface area contributed by atoms with Gasteiger partial charge in [-0.2, -0.15) is 0 Å². The van der Waals surface area contributed by atoms with E-state index >= 15 is 0 Å². The average Bonchev–Trinajstić information content (AvgIpc) is 3.24. The molecule has 0 aliphatic heterocycles. The average molecular weight is 525 g/mol. The van der Waals surface area contributed by atoms with E-state index in [1.165, 1.54) is 17.0 Å². The molecule has 4 rings (SSSR count). The lowest BCUT2D eigenvalue weighted by molar-refractivity contribution is -0.134. The van der Waals surface area contributed by atoms with Crippen molar-refractivity contribution in [3.05, 3.63) is 99.9 Å². The molecule has 0 aliphatic rings. The third-order valence-electron chi connectivity index (χ3n) is 5.54. The lowest BCUT2D eigenvalue weighted by Crippen LogP contribution is -2.36. The molecule has 0 unspecified atom stereocenters. The molecular weight excluding hydrogens is 503 g/mol. The molecule has 0 bridgehead atoms. The molecule has 0 spiro atoms. The van der Waals surface area contributed by atoms with Crippen molar-refractivity contribution < 1.29 is 23.8 Å². The molecule has 0 atom stereocenters. The molecule has 6 nitrogen and oxygen atoms in total. The van der Waals surface area contributed by atoms with Crippen LogP contribution in [0.15, 0.2) is 77.4 Å². The lowest BCUT2D eigenvalue weighted by atomic mass is 10.1. The van der Waals surface area contributed by atoms with Gasteiger partial charge in [0.25, 0.3) is 5.91 Å². The molecule has 0 saturated carbocycles. The SMILES string of the molecule is O=C(O)c1cccc(Br)c1OCC(=O)N(CCc1c[nH]c2ccccc12)Cc1ccccc1F. The largest absolute Gasteiger partial charge is 0.482 e. The molecule has 0 saturated heterocycles. The Morgan fingerprint density at radius 1 is 1.00 bits per heavy atom. The second-order valence-corrected chi connectivity index (χ2v) is 8.58. The number of ether oxygens (including phenoxy) is 1. The smallest absolute Gasteiger partial charge is 0.339 e. The highest BCUT2D eigenvalue weighted by Gasteiger charge is 2.20. The Morgan fingerprint density at radius 2 is 1.76 bits per heavy atom. The number of carboxylic acid groups (broad SMARTS) is 1. The number of aromatic amines is 1. The molecule has 3 aromatic carbocycles. The first-order valence-electron chi connectivity index (χ1n) is 10.6. The maximum Gasteiger partial charge on any atom is 0.339 e. The highest BCUT2D eigenvalue weighted by atomic mass is 79.9. The summed E-state index contributed by atoms with van der Waals surface area (Å²) in [5.74, 6) is -1.86. The minimum absolute atomic E-state index is 0.0541. The van der Waals surface area contributed by atoms with Crippen molar-refractivity contribution >= 4 is 38.7 Å². The molecule has 0 aliphatic carbocycles. The second kappa shape index (κ2) is 10.5. The van der Waals surface area contributed by atoms with Gasteiger partial charge in [-0.1, -0.05) is 42.5 Å². The topological polar surface area (TPSA) is 82.6 Å². The van der Waals surface area contributed by atoms with E-state index in [1.807, 2.05) is 30.5 Å². The van der Waals surface area contributed by atoms with Gasteiger partial charge in [0, 0.05) is 35.8 Å². The number of hydrogen-bond donors (Lipinski definition) is 2. The zero-order valence-electron chi connectivity index (χ0n) is 18.1. The normalized spacial score (nSPS) is 10.9. The van der Waals surface area contributed by atoms with Gasteiger partial charge in [-0.3, -0.25) is 4.79 Å². The quantitative estimate of drug-likeness (QED) is 0.306. The molecule has 0 radical (unpaired) electrons. The number of nitrogens with one attached hydrogen (secondary N) is 1. The van der Waals surface area contributed by atoms with E-state index in [9.17, 15) is 19.1 Å². The number of halogens is 2. The minimum Gasteiger partial charge on any atom is -0.482 e. The van der Waals surface area contributed by atoms with E-state index in [0.29, 0.717) is 23.0 Å². The van der Waals surface area contributed by atoms with Crippen LogP contribution < -0.4 is 4.74 Å². The third kappa shape index (κ3) is 5.28. The number of benzene rings is 3. The number of carboxylic acids is 1. The fourth-order valence-electron chi connectivity index (χ4n) is 3.77. The van der Waals surface area contributed by atoms with Crippen molar-refractivity contribution in [1.82, 2.24) is 9.88 Å². The number of amides is 1. The summed E-state index contributed by atoms with van der Waals surface area (Å²) in [7, 11) is 0. The number of carbonyl (C=O) groups excluding carboxylic acids is 1. The Kier molecular flexibility index (Phi) is 7.27. The van der Waals surface area contributed by atoms with Gasteiger partial charge in [0.05, 0.1) is 4.47 Å². The van der Waals surface area contributed by atoms with Crippen LogP contribution in [-0.4, -0.2) is 40.0 Å². The van der Waals surface area contributed by atoms with Crippen LogP contribution in [0.5, 0.6) is 5.75 Å². The lowest BCUT2D eigenvalue weighted by Gasteiger charge is -2.23. The Balaban J connectivity index is 1.53. The van der Waals surface area contributed by atoms with E-state index in [0.717, 1.165) is 16.5 Å². The molecule has 1 heterocycles. The van der Waals surface area contributed by atoms with Crippen molar-refractivity contribution in [2.75, 3.05) is 13.2 Å². The number of rotatable bonds is 9. The van der Waals surface area contributed by atoms with Crippen molar-refractivity contribution in [2.24, 2.45) is 0 Å². The summed E-state index contributed by atoms with van der Waals surface area (Å²) in [6.45, 7) is 0.0182. The van der Waals surface area contributed by atoms with E-state index in [4.69, 9.17) is 4.74 Å². The standard InChI is InChI=1S/C26H22BrFN2O4/c27-21-9-5-8-20(26(32)33)25(21)34-16-24(31)30(15-18-6-1-3-10-22(18)28)13-12-17-14-29-23-11-4-2-7-19(17)23/h1-11,14,29H,12-13,15-16H2,(H,32,33). The fraction of sp³-hybridized carbons (Fsp3) is 0.154. The summed E-state index contributed by atoms with van der Waals surface area (Å²) in [6, 6.07) is 18.8. The van der Waals surface area contributed by atoms with Crippen LogP contribution in [0.2, 0.25) is 0 Å². The minimum atomic E-state index is -1.16. The van der Waals surface area contributed by atoms with Crippen LogP contribution in [0.3, 0.4) is 0 Å². The number of fused-ring (bicyclic) bond motifs is 1. The summed E-state index contributed by atoms with van der Waals surface area (Å²) in [5, 5.41) is 10.5. The zero-order chi connectivity index (χ0) is 24.1. The number of aromatic nitrogens is 1. The third-order valence-corrected chi connectivity index (χ3v) is 6.16. The highest BCUT2D eigenvalue weighted by Crippen LogP contribution is 2.29. The van der Waals surface area contributed by atoms with Crippen LogP contribution >= 0.6 is 15.9 Å². The van der Waals surface area contributed by atoms with Crippen molar-refractivity contribution in [3.63, 3.8) is 0 Å². The van der Waals surface area contributed by atoms with Crippen molar-refractivity contribution in [2.45, 2.75) is 13.0 Å². The first-order valence-corrected chi connectivity index (χ1v) is 11.4. The number of aromatic carboxylic acids is 1. The number of para-hydroxylation sites is 2. The van der Waals surface area contributed by atoms with E-state index < -0.39 is 11.8 Å². The fourth-order valence-corrected chi connectivity index (χ4v) is 4.25. The van der Waals surface area contributed by atoms with Gasteiger partial charge in [-0.05, 0) is 52.2 Å². The maximum atomic E-state index is 14.3. The van der Waals surface area contributed by atoms with Gasteiger partial charge in [0.15, 0.2) is 6.61 Å². The highest BCUT2D eigenvalue weighted by molar-refractivity contribution is 9.10. The van der Waals surface area contributed by atoms with Crippen LogP contribution in [0.4, 0.5) is 4.39 Å². The molecule has 4 aromatic rings. The summed E-state index contributed by atoms with van der Waals surface area (Å²) in [6.07, 6.45) is 2.47.